The van der Waals surface area contributed by atoms with E-state index in [2.05, 4.69) is 24.0 Å². The predicted molar refractivity (Wildman–Crippen MR) is 109 cm³/mol. The summed E-state index contributed by atoms with van der Waals surface area (Å²) in [5.41, 5.74) is 1.90. The van der Waals surface area contributed by atoms with E-state index in [9.17, 15) is 0 Å². The van der Waals surface area contributed by atoms with E-state index in [1.54, 1.807) is 29.3 Å². The van der Waals surface area contributed by atoms with Gasteiger partial charge in [0.05, 0.1) is 0 Å². The number of benzene rings is 1. The van der Waals surface area contributed by atoms with Crippen LogP contribution in [0, 0.1) is 3.95 Å². The Hall–Kier alpha value is -2.03. The number of para-hydroxylation sites is 1. The second-order valence-corrected chi connectivity index (χ2v) is 8.41. The molecular formula is C18H17N5S3. The van der Waals surface area contributed by atoms with E-state index in [0.717, 1.165) is 48.8 Å². The third kappa shape index (κ3) is 3.20. The third-order valence-electron chi connectivity index (χ3n) is 3.90. The SMILES string of the molecule is CCCc1nc(Sc2nccn2C)c2sc(=S)n(-c3ccccc3)c2n1. The molecule has 0 spiro atoms. The Labute approximate surface area is 164 Å². The van der Waals surface area contributed by atoms with Crippen LogP contribution in [0.5, 0.6) is 0 Å². The van der Waals surface area contributed by atoms with Gasteiger partial charge >= 0.3 is 0 Å². The Morgan fingerprint density at radius 3 is 2.69 bits per heavy atom. The van der Waals surface area contributed by atoms with E-state index in [-0.39, 0.29) is 0 Å². The number of fused-ring (bicyclic) bond motifs is 1. The first kappa shape index (κ1) is 17.4. The number of nitrogens with zero attached hydrogens (tertiary/aromatic N) is 5. The van der Waals surface area contributed by atoms with Crippen LogP contribution in [-0.4, -0.2) is 24.1 Å². The second-order valence-electron chi connectivity index (χ2n) is 5.81. The first-order valence-electron chi connectivity index (χ1n) is 8.30. The fourth-order valence-electron chi connectivity index (χ4n) is 2.67. The molecule has 0 saturated carbocycles. The van der Waals surface area contributed by atoms with Gasteiger partial charge in [-0.2, -0.15) is 0 Å². The van der Waals surface area contributed by atoms with Gasteiger partial charge in [0.2, 0.25) is 0 Å². The van der Waals surface area contributed by atoms with Crippen molar-refractivity contribution < 1.29 is 0 Å². The van der Waals surface area contributed by atoms with Crippen LogP contribution >= 0.6 is 35.3 Å². The van der Waals surface area contributed by atoms with Crippen molar-refractivity contribution in [3.63, 3.8) is 0 Å². The normalized spacial score (nSPS) is 11.3. The van der Waals surface area contributed by atoms with Crippen LogP contribution in [0.3, 0.4) is 0 Å². The number of imidazole rings is 1. The Morgan fingerprint density at radius 2 is 2.00 bits per heavy atom. The third-order valence-corrected chi connectivity index (χ3v) is 6.46. The molecule has 0 atom stereocenters. The summed E-state index contributed by atoms with van der Waals surface area (Å²) in [5, 5.41) is 1.82. The molecule has 0 aliphatic heterocycles. The average Bonchev–Trinajstić information content (AvgIpc) is 3.19. The number of aromatic nitrogens is 5. The number of hydrogen-bond acceptors (Lipinski definition) is 6. The summed E-state index contributed by atoms with van der Waals surface area (Å²) < 4.78 is 5.81. The van der Waals surface area contributed by atoms with Gasteiger partial charge < -0.3 is 4.57 Å². The first-order chi connectivity index (χ1) is 12.7. The summed E-state index contributed by atoms with van der Waals surface area (Å²) >= 11 is 8.77. The van der Waals surface area contributed by atoms with Gasteiger partial charge in [-0.1, -0.05) is 36.5 Å². The maximum atomic E-state index is 5.66. The molecule has 0 aliphatic carbocycles. The molecule has 0 radical (unpaired) electrons. The maximum absolute atomic E-state index is 5.66. The zero-order valence-electron chi connectivity index (χ0n) is 14.4. The summed E-state index contributed by atoms with van der Waals surface area (Å²) in [6, 6.07) is 10.1. The molecule has 4 rings (SSSR count). The van der Waals surface area contributed by atoms with Crippen molar-refractivity contribution in [2.75, 3.05) is 0 Å². The van der Waals surface area contributed by atoms with Crippen LogP contribution in [0.4, 0.5) is 0 Å². The minimum atomic E-state index is 0.774. The van der Waals surface area contributed by atoms with Crippen LogP contribution in [0.2, 0.25) is 0 Å². The van der Waals surface area contributed by atoms with E-state index in [4.69, 9.17) is 22.2 Å². The summed E-state index contributed by atoms with van der Waals surface area (Å²) in [4.78, 5) is 14.1. The highest BCUT2D eigenvalue weighted by atomic mass is 32.2. The van der Waals surface area contributed by atoms with Crippen LogP contribution in [0.25, 0.3) is 16.0 Å². The second kappa shape index (κ2) is 7.30. The van der Waals surface area contributed by atoms with Gasteiger partial charge in [-0.25, -0.2) is 15.0 Å². The Morgan fingerprint density at radius 1 is 1.19 bits per heavy atom. The van der Waals surface area contributed by atoms with Gasteiger partial charge in [0.1, 0.15) is 15.6 Å². The average molecular weight is 400 g/mol. The van der Waals surface area contributed by atoms with E-state index in [1.807, 2.05) is 40.6 Å². The Balaban J connectivity index is 1.94. The quantitative estimate of drug-likeness (QED) is 0.347. The van der Waals surface area contributed by atoms with Crippen molar-refractivity contribution in [2.24, 2.45) is 7.05 Å². The molecule has 0 saturated heterocycles. The topological polar surface area (TPSA) is 48.5 Å². The number of aryl methyl sites for hydroxylation is 2. The molecule has 0 aliphatic rings. The lowest BCUT2D eigenvalue weighted by atomic mass is 10.3. The van der Waals surface area contributed by atoms with Gasteiger partial charge in [-0.15, -0.1) is 0 Å². The lowest BCUT2D eigenvalue weighted by Crippen LogP contribution is -2.01. The molecule has 0 unspecified atom stereocenters. The zero-order chi connectivity index (χ0) is 18.1. The van der Waals surface area contributed by atoms with Crippen LogP contribution in [-0.2, 0) is 13.5 Å². The summed E-state index contributed by atoms with van der Waals surface area (Å²) in [5.74, 6) is 0.842. The molecule has 0 bridgehead atoms. The Kier molecular flexibility index (Phi) is 4.88. The molecule has 0 amide bonds. The van der Waals surface area contributed by atoms with Gasteiger partial charge in [0.15, 0.2) is 14.8 Å². The van der Waals surface area contributed by atoms with E-state index in [0.29, 0.717) is 0 Å². The van der Waals surface area contributed by atoms with E-state index in [1.165, 1.54) is 0 Å². The summed E-state index contributed by atoms with van der Waals surface area (Å²) in [6.07, 6.45) is 5.56. The Bertz CT molecular complexity index is 1110. The molecule has 3 heterocycles. The highest BCUT2D eigenvalue weighted by Gasteiger charge is 2.17. The molecular weight excluding hydrogens is 382 g/mol. The van der Waals surface area contributed by atoms with Crippen molar-refractivity contribution in [3.8, 4) is 5.69 Å². The molecule has 4 aromatic rings. The molecule has 0 fully saturated rings. The standard InChI is InChI=1S/C18H17N5S3/c1-3-7-13-20-15-14(16(21-13)26-17-19-10-11-22(17)2)25-18(24)23(15)12-8-5-4-6-9-12/h4-6,8-11H,3,7H2,1-2H3. The van der Waals surface area contributed by atoms with Crippen molar-refractivity contribution in [1.82, 2.24) is 24.1 Å². The van der Waals surface area contributed by atoms with Crippen molar-refractivity contribution >= 4 is 45.7 Å². The molecule has 8 heteroatoms. The van der Waals surface area contributed by atoms with Gasteiger partial charge in [-0.3, -0.25) is 4.57 Å². The molecule has 3 aromatic heterocycles. The summed E-state index contributed by atoms with van der Waals surface area (Å²) in [7, 11) is 1.98. The van der Waals surface area contributed by atoms with Crippen molar-refractivity contribution in [2.45, 2.75) is 29.9 Å². The van der Waals surface area contributed by atoms with Gasteiger partial charge in [0.25, 0.3) is 0 Å². The van der Waals surface area contributed by atoms with Gasteiger partial charge in [-0.05, 0) is 42.5 Å². The smallest absolute Gasteiger partial charge is 0.174 e. The monoisotopic (exact) mass is 399 g/mol. The van der Waals surface area contributed by atoms with Gasteiger partial charge in [0, 0.05) is 31.5 Å². The zero-order valence-corrected chi connectivity index (χ0v) is 16.9. The van der Waals surface area contributed by atoms with Crippen molar-refractivity contribution in [1.29, 1.82) is 0 Å². The molecule has 0 N–H and O–H groups in total. The van der Waals surface area contributed by atoms with E-state index >= 15 is 0 Å². The number of thiazole rings is 1. The number of rotatable bonds is 5. The van der Waals surface area contributed by atoms with Crippen molar-refractivity contribution in [3.05, 3.63) is 52.5 Å². The fourth-order valence-corrected chi connectivity index (χ4v) is 5.01. The molecule has 5 nitrogen and oxygen atoms in total. The van der Waals surface area contributed by atoms with E-state index < -0.39 is 0 Å². The first-order valence-corrected chi connectivity index (χ1v) is 10.3. The molecule has 132 valence electrons. The number of hydrogen-bond donors (Lipinski definition) is 0. The summed E-state index contributed by atoms with van der Waals surface area (Å²) in [6.45, 7) is 2.14. The van der Waals surface area contributed by atoms with Crippen LogP contribution in [0.15, 0.2) is 52.9 Å². The molecule has 26 heavy (non-hydrogen) atoms. The van der Waals surface area contributed by atoms with Crippen LogP contribution in [0.1, 0.15) is 19.2 Å². The highest BCUT2D eigenvalue weighted by molar-refractivity contribution is 7.99. The largest absolute Gasteiger partial charge is 0.329 e. The minimum Gasteiger partial charge on any atom is -0.329 e. The minimum absolute atomic E-state index is 0.774. The lowest BCUT2D eigenvalue weighted by Gasteiger charge is -2.08. The highest BCUT2D eigenvalue weighted by Crippen LogP contribution is 2.35. The van der Waals surface area contributed by atoms with Crippen LogP contribution < -0.4 is 0 Å². The maximum Gasteiger partial charge on any atom is 0.174 e. The molecule has 1 aromatic carbocycles. The predicted octanol–water partition coefficient (Wildman–Crippen LogP) is 5.05. The lowest BCUT2D eigenvalue weighted by molar-refractivity contribution is 0.785. The fraction of sp³-hybridized carbons (Fsp3) is 0.222.